The fourth-order valence-electron chi connectivity index (χ4n) is 1.61. The summed E-state index contributed by atoms with van der Waals surface area (Å²) in [6, 6.07) is 7.19. The van der Waals surface area contributed by atoms with Gasteiger partial charge in [-0.2, -0.15) is 4.98 Å². The zero-order valence-corrected chi connectivity index (χ0v) is 12.0. The van der Waals surface area contributed by atoms with Crippen LogP contribution in [0.4, 0.5) is 0 Å². The minimum atomic E-state index is -0.468. The van der Waals surface area contributed by atoms with Crippen LogP contribution in [0.15, 0.2) is 40.4 Å². The Balaban J connectivity index is 1.62. The lowest BCUT2D eigenvalue weighted by atomic mass is 10.2. The summed E-state index contributed by atoms with van der Waals surface area (Å²) in [5, 5.41) is 5.70. The molecular formula is C14H11N3O3S. The zero-order valence-electron chi connectivity index (χ0n) is 11.1. The predicted molar refractivity (Wildman–Crippen MR) is 75.7 cm³/mol. The van der Waals surface area contributed by atoms with Crippen molar-refractivity contribution < 1.29 is 14.1 Å². The molecule has 3 rings (SSSR count). The zero-order chi connectivity index (χ0) is 14.7. The van der Waals surface area contributed by atoms with Crippen LogP contribution in [0.1, 0.15) is 21.9 Å². The molecular weight excluding hydrogens is 290 g/mol. The van der Waals surface area contributed by atoms with Crippen LogP contribution in [0.25, 0.3) is 10.8 Å². The van der Waals surface area contributed by atoms with Crippen molar-refractivity contribution in [1.82, 2.24) is 15.1 Å². The molecule has 0 amide bonds. The maximum Gasteiger partial charge on any atom is 0.340 e. The van der Waals surface area contributed by atoms with E-state index in [1.165, 1.54) is 17.5 Å². The quantitative estimate of drug-likeness (QED) is 0.689. The van der Waals surface area contributed by atoms with Crippen molar-refractivity contribution in [2.45, 2.75) is 13.5 Å². The van der Waals surface area contributed by atoms with Crippen molar-refractivity contribution in [3.8, 4) is 10.8 Å². The molecule has 0 saturated carbocycles. The number of pyridine rings is 1. The SMILES string of the molecule is Cc1ccc(C(=O)OCc2noc(-c3cccs3)n2)cn1. The van der Waals surface area contributed by atoms with E-state index >= 15 is 0 Å². The molecule has 0 spiro atoms. The van der Waals surface area contributed by atoms with Gasteiger partial charge in [-0.3, -0.25) is 4.98 Å². The molecule has 106 valence electrons. The summed E-state index contributed by atoms with van der Waals surface area (Å²) in [5.41, 5.74) is 1.23. The minimum absolute atomic E-state index is 0.0401. The first-order chi connectivity index (χ1) is 10.2. The molecule has 0 aliphatic rings. The van der Waals surface area contributed by atoms with E-state index in [1.807, 2.05) is 24.4 Å². The van der Waals surface area contributed by atoms with Gasteiger partial charge in [-0.15, -0.1) is 11.3 Å². The van der Waals surface area contributed by atoms with Crippen molar-refractivity contribution >= 4 is 17.3 Å². The number of nitrogens with zero attached hydrogens (tertiary/aromatic N) is 3. The third kappa shape index (κ3) is 3.14. The Morgan fingerprint density at radius 3 is 3.00 bits per heavy atom. The molecule has 0 aliphatic heterocycles. The van der Waals surface area contributed by atoms with Crippen LogP contribution in [0, 0.1) is 6.92 Å². The standard InChI is InChI=1S/C14H11N3O3S/c1-9-4-5-10(7-15-9)14(18)19-8-12-16-13(20-17-12)11-3-2-6-21-11/h2-7H,8H2,1H3. The van der Waals surface area contributed by atoms with Crippen molar-refractivity contribution in [1.29, 1.82) is 0 Å². The first kappa shape index (κ1) is 13.4. The molecule has 3 aromatic rings. The lowest BCUT2D eigenvalue weighted by Gasteiger charge is -2.01. The van der Waals surface area contributed by atoms with Gasteiger partial charge in [0.25, 0.3) is 5.89 Å². The van der Waals surface area contributed by atoms with E-state index in [9.17, 15) is 4.79 Å². The van der Waals surface area contributed by atoms with Crippen LogP contribution in [0.5, 0.6) is 0 Å². The molecule has 0 unspecified atom stereocenters. The Bertz CT molecular complexity index is 735. The van der Waals surface area contributed by atoms with Crippen molar-refractivity contribution in [3.63, 3.8) is 0 Å². The molecule has 0 radical (unpaired) electrons. The summed E-state index contributed by atoms with van der Waals surface area (Å²) in [5.74, 6) is 0.282. The Morgan fingerprint density at radius 2 is 2.29 bits per heavy atom. The molecule has 7 heteroatoms. The summed E-state index contributed by atoms with van der Waals surface area (Å²) in [7, 11) is 0. The maximum atomic E-state index is 11.8. The van der Waals surface area contributed by atoms with Gasteiger partial charge in [0.2, 0.25) is 5.82 Å². The van der Waals surface area contributed by atoms with Crippen LogP contribution < -0.4 is 0 Å². The second-order valence-corrected chi connectivity index (χ2v) is 5.21. The van der Waals surface area contributed by atoms with Crippen LogP contribution in [-0.4, -0.2) is 21.1 Å². The third-order valence-electron chi connectivity index (χ3n) is 2.68. The van der Waals surface area contributed by atoms with E-state index in [0.717, 1.165) is 10.6 Å². The Labute approximate surface area is 124 Å². The van der Waals surface area contributed by atoms with Crippen LogP contribution >= 0.6 is 11.3 Å². The summed E-state index contributed by atoms with van der Waals surface area (Å²) in [4.78, 5) is 20.9. The lowest BCUT2D eigenvalue weighted by molar-refractivity contribution is 0.0459. The van der Waals surface area contributed by atoms with E-state index in [-0.39, 0.29) is 6.61 Å². The first-order valence-corrected chi connectivity index (χ1v) is 7.06. The fourth-order valence-corrected chi connectivity index (χ4v) is 2.26. The third-order valence-corrected chi connectivity index (χ3v) is 3.54. The number of aromatic nitrogens is 3. The molecule has 6 nitrogen and oxygen atoms in total. The van der Waals surface area contributed by atoms with Crippen molar-refractivity contribution in [2.24, 2.45) is 0 Å². The van der Waals surface area contributed by atoms with E-state index in [1.54, 1.807) is 12.1 Å². The highest BCUT2D eigenvalue weighted by Crippen LogP contribution is 2.22. The van der Waals surface area contributed by atoms with Gasteiger partial charge in [-0.05, 0) is 30.5 Å². The average Bonchev–Trinajstić information content (AvgIpc) is 3.16. The number of aryl methyl sites for hydroxylation is 1. The molecule has 0 aromatic carbocycles. The van der Waals surface area contributed by atoms with E-state index in [2.05, 4.69) is 15.1 Å². The van der Waals surface area contributed by atoms with E-state index in [4.69, 9.17) is 9.26 Å². The Kier molecular flexibility index (Phi) is 3.74. The molecule has 0 aliphatic carbocycles. The number of hydrogen-bond donors (Lipinski definition) is 0. The highest BCUT2D eigenvalue weighted by molar-refractivity contribution is 7.13. The number of carbonyl (C=O) groups excluding carboxylic acids is 1. The Hall–Kier alpha value is -2.54. The van der Waals surface area contributed by atoms with Gasteiger partial charge in [0.15, 0.2) is 6.61 Å². The number of hydrogen-bond acceptors (Lipinski definition) is 7. The average molecular weight is 301 g/mol. The normalized spacial score (nSPS) is 10.5. The minimum Gasteiger partial charge on any atom is -0.454 e. The molecule has 0 fully saturated rings. The Morgan fingerprint density at radius 1 is 1.38 bits per heavy atom. The molecule has 0 atom stereocenters. The van der Waals surface area contributed by atoms with Crippen LogP contribution in [0.2, 0.25) is 0 Å². The fraction of sp³-hybridized carbons (Fsp3) is 0.143. The van der Waals surface area contributed by atoms with Gasteiger partial charge < -0.3 is 9.26 Å². The first-order valence-electron chi connectivity index (χ1n) is 6.18. The topological polar surface area (TPSA) is 78.1 Å². The molecule has 0 bridgehead atoms. The monoisotopic (exact) mass is 301 g/mol. The number of esters is 1. The molecule has 21 heavy (non-hydrogen) atoms. The summed E-state index contributed by atoms with van der Waals surface area (Å²) < 4.78 is 10.2. The number of thiophene rings is 1. The lowest BCUT2D eigenvalue weighted by Crippen LogP contribution is -2.06. The van der Waals surface area contributed by atoms with Gasteiger partial charge in [-0.25, -0.2) is 4.79 Å². The van der Waals surface area contributed by atoms with Gasteiger partial charge in [0.05, 0.1) is 10.4 Å². The van der Waals surface area contributed by atoms with Gasteiger partial charge in [-0.1, -0.05) is 11.2 Å². The summed E-state index contributed by atoms with van der Waals surface area (Å²) in [6.45, 7) is 1.81. The summed E-state index contributed by atoms with van der Waals surface area (Å²) in [6.07, 6.45) is 1.48. The predicted octanol–water partition coefficient (Wildman–Crippen LogP) is 2.86. The number of rotatable bonds is 4. The molecule has 3 heterocycles. The maximum absolute atomic E-state index is 11.8. The smallest absolute Gasteiger partial charge is 0.340 e. The second kappa shape index (κ2) is 5.84. The van der Waals surface area contributed by atoms with E-state index in [0.29, 0.717) is 17.3 Å². The number of carbonyl (C=O) groups is 1. The van der Waals surface area contributed by atoms with Crippen molar-refractivity contribution in [2.75, 3.05) is 0 Å². The van der Waals surface area contributed by atoms with Crippen molar-refractivity contribution in [3.05, 3.63) is 52.9 Å². The molecule has 0 saturated heterocycles. The second-order valence-electron chi connectivity index (χ2n) is 4.26. The molecule has 3 aromatic heterocycles. The number of ether oxygens (including phenoxy) is 1. The summed E-state index contributed by atoms with van der Waals surface area (Å²) >= 11 is 1.50. The largest absolute Gasteiger partial charge is 0.454 e. The van der Waals surface area contributed by atoms with Gasteiger partial charge >= 0.3 is 5.97 Å². The van der Waals surface area contributed by atoms with Gasteiger partial charge in [0, 0.05) is 11.9 Å². The highest BCUT2D eigenvalue weighted by Gasteiger charge is 2.13. The van der Waals surface area contributed by atoms with Crippen LogP contribution in [0.3, 0.4) is 0 Å². The van der Waals surface area contributed by atoms with E-state index < -0.39 is 5.97 Å². The van der Waals surface area contributed by atoms with Crippen LogP contribution in [-0.2, 0) is 11.3 Å². The highest BCUT2D eigenvalue weighted by atomic mass is 32.1. The van der Waals surface area contributed by atoms with Gasteiger partial charge in [0.1, 0.15) is 0 Å². The molecule has 0 N–H and O–H groups in total.